The van der Waals surface area contributed by atoms with E-state index in [1.165, 1.54) is 5.56 Å². The lowest BCUT2D eigenvalue weighted by Crippen LogP contribution is -2.59. The Morgan fingerprint density at radius 2 is 2.25 bits per heavy atom. The Morgan fingerprint density at radius 1 is 1.45 bits per heavy atom. The van der Waals surface area contributed by atoms with Crippen molar-refractivity contribution < 1.29 is 4.79 Å². The highest BCUT2D eigenvalue weighted by molar-refractivity contribution is 9.10. The van der Waals surface area contributed by atoms with E-state index in [1.807, 2.05) is 17.0 Å². The van der Waals surface area contributed by atoms with Crippen LogP contribution in [-0.4, -0.2) is 36.0 Å². The van der Waals surface area contributed by atoms with Gasteiger partial charge in [-0.15, -0.1) is 0 Å². The van der Waals surface area contributed by atoms with Crippen LogP contribution in [-0.2, 0) is 11.2 Å². The van der Waals surface area contributed by atoms with E-state index in [2.05, 4.69) is 47.2 Å². The molecule has 0 bridgehead atoms. The van der Waals surface area contributed by atoms with Gasteiger partial charge in [-0.05, 0) is 44.4 Å². The minimum Gasteiger partial charge on any atom is -0.335 e. The van der Waals surface area contributed by atoms with Crippen LogP contribution in [0.2, 0.25) is 0 Å². The van der Waals surface area contributed by atoms with Gasteiger partial charge in [0.25, 0.3) is 0 Å². The first kappa shape index (κ1) is 15.5. The molecule has 4 heteroatoms. The minimum atomic E-state index is -0.0644. The molecule has 1 saturated heterocycles. The maximum Gasteiger partial charge on any atom is 0.223 e. The maximum atomic E-state index is 12.4. The summed E-state index contributed by atoms with van der Waals surface area (Å²) in [4.78, 5) is 14.4. The van der Waals surface area contributed by atoms with Gasteiger partial charge in [-0.1, -0.05) is 28.1 Å². The standard InChI is InChI=1S/C16H23BrN2O/c1-16(2)12-18-9-10-19(16)15(20)8-4-6-13-5-3-7-14(17)11-13/h3,5,7,11,18H,4,6,8-10,12H2,1-2H3. The van der Waals surface area contributed by atoms with E-state index in [4.69, 9.17) is 0 Å². The zero-order valence-corrected chi connectivity index (χ0v) is 13.9. The molecule has 110 valence electrons. The average molecular weight is 339 g/mol. The Kier molecular flexibility index (Phi) is 5.22. The van der Waals surface area contributed by atoms with Crippen molar-refractivity contribution in [3.63, 3.8) is 0 Å². The lowest BCUT2D eigenvalue weighted by Gasteiger charge is -2.43. The summed E-state index contributed by atoms with van der Waals surface area (Å²) >= 11 is 3.48. The molecular weight excluding hydrogens is 316 g/mol. The van der Waals surface area contributed by atoms with Crippen LogP contribution in [0.4, 0.5) is 0 Å². The van der Waals surface area contributed by atoms with Crippen molar-refractivity contribution in [2.24, 2.45) is 0 Å². The van der Waals surface area contributed by atoms with Crippen LogP contribution in [0.5, 0.6) is 0 Å². The number of halogens is 1. The fourth-order valence-corrected chi connectivity index (χ4v) is 3.16. The number of carbonyl (C=O) groups is 1. The van der Waals surface area contributed by atoms with Crippen molar-refractivity contribution in [1.29, 1.82) is 0 Å². The summed E-state index contributed by atoms with van der Waals surface area (Å²) in [5.41, 5.74) is 1.22. The Morgan fingerprint density at radius 3 is 2.95 bits per heavy atom. The van der Waals surface area contributed by atoms with Crippen molar-refractivity contribution in [3.05, 3.63) is 34.3 Å². The third-order valence-corrected chi connectivity index (χ3v) is 4.34. The van der Waals surface area contributed by atoms with E-state index < -0.39 is 0 Å². The topological polar surface area (TPSA) is 32.3 Å². The average Bonchev–Trinajstić information content (AvgIpc) is 2.38. The second kappa shape index (κ2) is 6.72. The quantitative estimate of drug-likeness (QED) is 0.915. The lowest BCUT2D eigenvalue weighted by molar-refractivity contribution is -0.137. The number of hydrogen-bond acceptors (Lipinski definition) is 2. The SMILES string of the molecule is CC1(C)CNCCN1C(=O)CCCc1cccc(Br)c1. The number of nitrogens with one attached hydrogen (secondary N) is 1. The van der Waals surface area contributed by atoms with Gasteiger partial charge in [-0.3, -0.25) is 4.79 Å². The Labute approximate surface area is 129 Å². The Balaban J connectivity index is 1.83. The third-order valence-electron chi connectivity index (χ3n) is 3.85. The number of piperazine rings is 1. The van der Waals surface area contributed by atoms with E-state index in [-0.39, 0.29) is 11.4 Å². The van der Waals surface area contributed by atoms with Crippen LogP contribution < -0.4 is 5.32 Å². The molecule has 0 aromatic heterocycles. The van der Waals surface area contributed by atoms with Gasteiger partial charge in [0, 0.05) is 36.1 Å². The predicted molar refractivity (Wildman–Crippen MR) is 85.7 cm³/mol. The van der Waals surface area contributed by atoms with Gasteiger partial charge in [0.05, 0.1) is 0 Å². The summed E-state index contributed by atoms with van der Waals surface area (Å²) in [6, 6.07) is 8.31. The number of aryl methyl sites for hydroxylation is 1. The van der Waals surface area contributed by atoms with Gasteiger partial charge in [-0.2, -0.15) is 0 Å². The Bertz CT molecular complexity index is 473. The second-order valence-electron chi connectivity index (χ2n) is 6.02. The van der Waals surface area contributed by atoms with Gasteiger partial charge < -0.3 is 10.2 Å². The highest BCUT2D eigenvalue weighted by Gasteiger charge is 2.32. The summed E-state index contributed by atoms with van der Waals surface area (Å²) in [6.45, 7) is 6.87. The molecule has 1 aliphatic rings. The summed E-state index contributed by atoms with van der Waals surface area (Å²) in [6.07, 6.45) is 2.50. The zero-order valence-electron chi connectivity index (χ0n) is 12.3. The van der Waals surface area contributed by atoms with Crippen molar-refractivity contribution in [1.82, 2.24) is 10.2 Å². The minimum absolute atomic E-state index is 0.0644. The van der Waals surface area contributed by atoms with E-state index >= 15 is 0 Å². The number of benzene rings is 1. The molecule has 0 unspecified atom stereocenters. The molecular formula is C16H23BrN2O. The summed E-state index contributed by atoms with van der Waals surface area (Å²) in [5, 5.41) is 3.35. The number of carbonyl (C=O) groups excluding carboxylic acids is 1. The van der Waals surface area contributed by atoms with E-state index in [0.29, 0.717) is 6.42 Å². The molecule has 0 saturated carbocycles. The molecule has 1 aromatic carbocycles. The predicted octanol–water partition coefficient (Wildman–Crippen LogP) is 2.98. The fraction of sp³-hybridized carbons (Fsp3) is 0.562. The molecule has 1 heterocycles. The van der Waals surface area contributed by atoms with Crippen molar-refractivity contribution >= 4 is 21.8 Å². The van der Waals surface area contributed by atoms with E-state index in [1.54, 1.807) is 0 Å². The molecule has 1 N–H and O–H groups in total. The zero-order chi connectivity index (χ0) is 14.6. The largest absolute Gasteiger partial charge is 0.335 e. The van der Waals surface area contributed by atoms with Crippen molar-refractivity contribution in [2.75, 3.05) is 19.6 Å². The van der Waals surface area contributed by atoms with Gasteiger partial charge in [0.2, 0.25) is 5.91 Å². The third kappa shape index (κ3) is 4.06. The monoisotopic (exact) mass is 338 g/mol. The number of nitrogens with zero attached hydrogens (tertiary/aromatic N) is 1. The van der Waals surface area contributed by atoms with Crippen molar-refractivity contribution in [2.45, 2.75) is 38.6 Å². The maximum absolute atomic E-state index is 12.4. The van der Waals surface area contributed by atoms with Crippen LogP contribution >= 0.6 is 15.9 Å². The number of rotatable bonds is 4. The molecule has 0 spiro atoms. The molecule has 1 amide bonds. The van der Waals surface area contributed by atoms with Crippen LogP contribution in [0.1, 0.15) is 32.3 Å². The van der Waals surface area contributed by atoms with Gasteiger partial charge in [-0.25, -0.2) is 0 Å². The summed E-state index contributed by atoms with van der Waals surface area (Å²) in [5.74, 6) is 0.284. The van der Waals surface area contributed by atoms with Crippen LogP contribution in [0.25, 0.3) is 0 Å². The first-order chi connectivity index (χ1) is 9.49. The van der Waals surface area contributed by atoms with Gasteiger partial charge in [0.1, 0.15) is 0 Å². The van der Waals surface area contributed by atoms with Crippen LogP contribution in [0.3, 0.4) is 0 Å². The van der Waals surface area contributed by atoms with E-state index in [9.17, 15) is 4.79 Å². The molecule has 0 aliphatic carbocycles. The molecule has 20 heavy (non-hydrogen) atoms. The fourth-order valence-electron chi connectivity index (χ4n) is 2.72. The Hall–Kier alpha value is -0.870. The molecule has 1 fully saturated rings. The summed E-state index contributed by atoms with van der Waals surface area (Å²) < 4.78 is 1.10. The normalized spacial score (nSPS) is 18.1. The first-order valence-corrected chi connectivity index (χ1v) is 8.04. The smallest absolute Gasteiger partial charge is 0.223 e. The van der Waals surface area contributed by atoms with Gasteiger partial charge in [0.15, 0.2) is 0 Å². The number of amides is 1. The van der Waals surface area contributed by atoms with Gasteiger partial charge >= 0.3 is 0 Å². The molecule has 0 radical (unpaired) electrons. The molecule has 3 nitrogen and oxygen atoms in total. The van der Waals surface area contributed by atoms with Crippen LogP contribution in [0, 0.1) is 0 Å². The second-order valence-corrected chi connectivity index (χ2v) is 6.93. The highest BCUT2D eigenvalue weighted by Crippen LogP contribution is 2.19. The molecule has 0 atom stereocenters. The number of hydrogen-bond donors (Lipinski definition) is 1. The first-order valence-electron chi connectivity index (χ1n) is 7.25. The lowest BCUT2D eigenvalue weighted by atomic mass is 9.99. The van der Waals surface area contributed by atoms with E-state index in [0.717, 1.165) is 36.9 Å². The summed E-state index contributed by atoms with van der Waals surface area (Å²) in [7, 11) is 0. The molecule has 2 rings (SSSR count). The van der Waals surface area contributed by atoms with Crippen molar-refractivity contribution in [3.8, 4) is 0 Å². The molecule has 1 aliphatic heterocycles. The molecule has 1 aromatic rings. The van der Waals surface area contributed by atoms with Crippen LogP contribution in [0.15, 0.2) is 28.7 Å². The highest BCUT2D eigenvalue weighted by atomic mass is 79.9.